The molecule has 0 fully saturated rings. The molecule has 0 amide bonds. The average Bonchev–Trinajstić information content (AvgIpc) is 2.28. The summed E-state index contributed by atoms with van der Waals surface area (Å²) >= 11 is 2.96. The molecule has 4 heteroatoms. The minimum absolute atomic E-state index is 0.0546. The Labute approximate surface area is 96.6 Å². The summed E-state index contributed by atoms with van der Waals surface area (Å²) in [5, 5.41) is 0.0546. The maximum Gasteiger partial charge on any atom is 0.229 e. The van der Waals surface area contributed by atoms with E-state index in [1.54, 1.807) is 24.3 Å². The van der Waals surface area contributed by atoms with Crippen LogP contribution in [0.15, 0.2) is 24.3 Å². The molecule has 0 aliphatic heterocycles. The second kappa shape index (κ2) is 5.66. The molecule has 0 unspecified atom stereocenters. The molecule has 1 rings (SSSR count). The second-order valence-electron chi connectivity index (χ2n) is 2.84. The van der Waals surface area contributed by atoms with Crippen LogP contribution in [-0.2, 0) is 4.79 Å². The zero-order valence-corrected chi connectivity index (χ0v) is 9.91. The van der Waals surface area contributed by atoms with Gasteiger partial charge in [0, 0.05) is 5.56 Å². The summed E-state index contributed by atoms with van der Waals surface area (Å²) in [4.78, 5) is 22.5. The highest BCUT2D eigenvalue weighted by atomic mass is 79.9. The Kier molecular flexibility index (Phi) is 4.49. The standard InChI is InChI=1S/C11H11BrO3/c1-2-15-9-5-3-8(4-6-9)11(14)10(13)7-12/h3-6H,2,7H2,1H3. The molecular weight excluding hydrogens is 260 g/mol. The molecule has 0 radical (unpaired) electrons. The minimum Gasteiger partial charge on any atom is -0.494 e. The molecule has 0 spiro atoms. The average molecular weight is 271 g/mol. The van der Waals surface area contributed by atoms with Crippen LogP contribution in [0.2, 0.25) is 0 Å². The number of ether oxygens (including phenoxy) is 1. The molecule has 0 saturated carbocycles. The Morgan fingerprint density at radius 1 is 1.27 bits per heavy atom. The van der Waals surface area contributed by atoms with Crippen LogP contribution in [0.3, 0.4) is 0 Å². The van der Waals surface area contributed by atoms with Crippen molar-refractivity contribution in [2.75, 3.05) is 11.9 Å². The van der Waals surface area contributed by atoms with Gasteiger partial charge in [0.2, 0.25) is 11.6 Å². The van der Waals surface area contributed by atoms with Gasteiger partial charge in [-0.2, -0.15) is 0 Å². The topological polar surface area (TPSA) is 43.4 Å². The largest absolute Gasteiger partial charge is 0.494 e. The van der Waals surface area contributed by atoms with Crippen molar-refractivity contribution >= 4 is 27.5 Å². The molecule has 1 aromatic carbocycles. The lowest BCUT2D eigenvalue weighted by Crippen LogP contribution is -2.14. The molecule has 0 aromatic heterocycles. The fourth-order valence-corrected chi connectivity index (χ4v) is 1.35. The van der Waals surface area contributed by atoms with Crippen LogP contribution in [0, 0.1) is 0 Å². The van der Waals surface area contributed by atoms with Crippen LogP contribution in [0.5, 0.6) is 5.75 Å². The summed E-state index contributed by atoms with van der Waals surface area (Å²) in [6.45, 7) is 2.46. The molecule has 0 atom stereocenters. The van der Waals surface area contributed by atoms with Crippen LogP contribution in [0.1, 0.15) is 17.3 Å². The zero-order chi connectivity index (χ0) is 11.3. The predicted octanol–water partition coefficient (Wildman–Crippen LogP) is 2.23. The molecular formula is C11H11BrO3. The maximum atomic E-state index is 11.4. The van der Waals surface area contributed by atoms with Gasteiger partial charge in [-0.05, 0) is 31.2 Å². The van der Waals surface area contributed by atoms with Gasteiger partial charge in [0.05, 0.1) is 11.9 Å². The minimum atomic E-state index is -0.477. The Morgan fingerprint density at radius 2 is 1.87 bits per heavy atom. The van der Waals surface area contributed by atoms with Crippen molar-refractivity contribution in [3.63, 3.8) is 0 Å². The van der Waals surface area contributed by atoms with Crippen molar-refractivity contribution in [3.8, 4) is 5.75 Å². The fourth-order valence-electron chi connectivity index (χ4n) is 1.09. The van der Waals surface area contributed by atoms with Crippen LogP contribution >= 0.6 is 15.9 Å². The number of hydrogen-bond acceptors (Lipinski definition) is 3. The first-order valence-corrected chi connectivity index (χ1v) is 5.67. The van der Waals surface area contributed by atoms with Crippen molar-refractivity contribution in [1.29, 1.82) is 0 Å². The SMILES string of the molecule is CCOc1ccc(C(=O)C(=O)CBr)cc1. The third-order valence-corrected chi connectivity index (χ3v) is 2.31. The van der Waals surface area contributed by atoms with Crippen LogP contribution in [-0.4, -0.2) is 23.5 Å². The highest BCUT2D eigenvalue weighted by Crippen LogP contribution is 2.12. The number of alkyl halides is 1. The third kappa shape index (κ3) is 3.16. The molecule has 0 aliphatic carbocycles. The Bertz CT molecular complexity index is 357. The summed E-state index contributed by atoms with van der Waals surface area (Å²) < 4.78 is 5.22. The first kappa shape index (κ1) is 11.9. The van der Waals surface area contributed by atoms with Gasteiger partial charge in [-0.25, -0.2) is 0 Å². The van der Waals surface area contributed by atoms with Gasteiger partial charge in [-0.1, -0.05) is 15.9 Å². The summed E-state index contributed by atoms with van der Waals surface area (Å²) in [7, 11) is 0. The Hall–Kier alpha value is -1.16. The summed E-state index contributed by atoms with van der Waals surface area (Å²) in [6, 6.07) is 6.54. The number of carbonyl (C=O) groups is 2. The van der Waals surface area contributed by atoms with Crippen LogP contribution in [0.25, 0.3) is 0 Å². The van der Waals surface area contributed by atoms with Gasteiger partial charge in [0.15, 0.2) is 0 Å². The van der Waals surface area contributed by atoms with E-state index in [2.05, 4.69) is 15.9 Å². The van der Waals surface area contributed by atoms with E-state index in [4.69, 9.17) is 4.74 Å². The number of ketones is 2. The second-order valence-corrected chi connectivity index (χ2v) is 3.40. The summed E-state index contributed by atoms with van der Waals surface area (Å²) in [6.07, 6.45) is 0. The van der Waals surface area contributed by atoms with Crippen LogP contribution < -0.4 is 4.74 Å². The van der Waals surface area contributed by atoms with Crippen LogP contribution in [0.4, 0.5) is 0 Å². The quantitative estimate of drug-likeness (QED) is 0.468. The highest BCUT2D eigenvalue weighted by Gasteiger charge is 2.14. The Morgan fingerprint density at radius 3 is 2.33 bits per heavy atom. The van der Waals surface area contributed by atoms with E-state index >= 15 is 0 Å². The number of halogens is 1. The van der Waals surface area contributed by atoms with E-state index in [0.29, 0.717) is 17.9 Å². The molecule has 0 bridgehead atoms. The van der Waals surface area contributed by atoms with E-state index in [-0.39, 0.29) is 5.33 Å². The molecule has 0 saturated heterocycles. The lowest BCUT2D eigenvalue weighted by atomic mass is 10.1. The maximum absolute atomic E-state index is 11.4. The highest BCUT2D eigenvalue weighted by molar-refractivity contribution is 9.09. The van der Waals surface area contributed by atoms with Gasteiger partial charge in [-0.15, -0.1) is 0 Å². The van der Waals surface area contributed by atoms with Crippen molar-refractivity contribution in [3.05, 3.63) is 29.8 Å². The van der Waals surface area contributed by atoms with Gasteiger partial charge in [-0.3, -0.25) is 9.59 Å². The normalized spacial score (nSPS) is 9.73. The van der Waals surface area contributed by atoms with Crippen molar-refractivity contribution < 1.29 is 14.3 Å². The molecule has 0 N–H and O–H groups in total. The zero-order valence-electron chi connectivity index (χ0n) is 8.33. The van der Waals surface area contributed by atoms with Crippen molar-refractivity contribution in [1.82, 2.24) is 0 Å². The van der Waals surface area contributed by atoms with E-state index in [1.807, 2.05) is 6.92 Å². The molecule has 0 aliphatic rings. The first-order chi connectivity index (χ1) is 7.19. The Balaban J connectivity index is 2.80. The van der Waals surface area contributed by atoms with Gasteiger partial charge in [0.25, 0.3) is 0 Å². The molecule has 1 aromatic rings. The predicted molar refractivity (Wildman–Crippen MR) is 60.7 cm³/mol. The van der Waals surface area contributed by atoms with Gasteiger partial charge in [0.1, 0.15) is 5.75 Å². The monoisotopic (exact) mass is 270 g/mol. The molecule has 3 nitrogen and oxygen atoms in total. The van der Waals surface area contributed by atoms with Crippen molar-refractivity contribution in [2.24, 2.45) is 0 Å². The van der Waals surface area contributed by atoms with Gasteiger partial charge >= 0.3 is 0 Å². The summed E-state index contributed by atoms with van der Waals surface area (Å²) in [5.74, 6) is -0.227. The number of carbonyl (C=O) groups excluding carboxylic acids is 2. The van der Waals surface area contributed by atoms with Gasteiger partial charge < -0.3 is 4.74 Å². The number of hydrogen-bond donors (Lipinski definition) is 0. The lowest BCUT2D eigenvalue weighted by molar-refractivity contribution is -0.112. The van der Waals surface area contributed by atoms with Crippen molar-refractivity contribution in [2.45, 2.75) is 6.92 Å². The number of Topliss-reactive ketones (excluding diaryl/α,β-unsaturated/α-hetero) is 2. The number of rotatable bonds is 5. The molecule has 15 heavy (non-hydrogen) atoms. The molecule has 0 heterocycles. The number of benzene rings is 1. The summed E-state index contributed by atoms with van der Waals surface area (Å²) in [5.41, 5.74) is 0.392. The lowest BCUT2D eigenvalue weighted by Gasteiger charge is -2.03. The smallest absolute Gasteiger partial charge is 0.229 e. The molecule has 80 valence electrons. The van der Waals surface area contributed by atoms with E-state index in [1.165, 1.54) is 0 Å². The fraction of sp³-hybridized carbons (Fsp3) is 0.273. The van der Waals surface area contributed by atoms with E-state index < -0.39 is 11.6 Å². The first-order valence-electron chi connectivity index (χ1n) is 4.55. The third-order valence-electron chi connectivity index (χ3n) is 1.80. The van der Waals surface area contributed by atoms with E-state index in [9.17, 15) is 9.59 Å². The van der Waals surface area contributed by atoms with E-state index in [0.717, 1.165) is 0 Å².